The van der Waals surface area contributed by atoms with Crippen LogP contribution in [0, 0.1) is 0 Å². The molecule has 2 heterocycles. The summed E-state index contributed by atoms with van der Waals surface area (Å²) in [5.74, 6) is 1.27. The van der Waals surface area contributed by atoms with E-state index < -0.39 is 0 Å². The van der Waals surface area contributed by atoms with Crippen LogP contribution in [-0.2, 0) is 30.7 Å². The molecule has 5 rings (SSSR count). The number of imidazole rings is 1. The highest BCUT2D eigenvalue weighted by molar-refractivity contribution is 6.08. The van der Waals surface area contributed by atoms with Crippen LogP contribution < -0.4 is 5.73 Å². The first-order valence-electron chi connectivity index (χ1n) is 12.5. The van der Waals surface area contributed by atoms with Gasteiger partial charge in [0.05, 0.1) is 11.0 Å². The lowest BCUT2D eigenvalue weighted by Gasteiger charge is -2.16. The fourth-order valence-electron chi connectivity index (χ4n) is 4.85. The van der Waals surface area contributed by atoms with Crippen molar-refractivity contribution < 1.29 is 9.84 Å². The molecule has 0 saturated heterocycles. The van der Waals surface area contributed by atoms with Crippen molar-refractivity contribution >= 4 is 27.8 Å². The van der Waals surface area contributed by atoms with Gasteiger partial charge in [0.25, 0.3) is 0 Å². The number of hydrogen-bond donors (Lipinski definition) is 2. The molecule has 0 saturated carbocycles. The van der Waals surface area contributed by atoms with Crippen LogP contribution in [0.25, 0.3) is 21.9 Å². The van der Waals surface area contributed by atoms with Gasteiger partial charge in [-0.2, -0.15) is 0 Å². The van der Waals surface area contributed by atoms with Gasteiger partial charge in [-0.1, -0.05) is 72.8 Å². The Kier molecular flexibility index (Phi) is 7.26. The van der Waals surface area contributed by atoms with E-state index >= 15 is 0 Å². The fourth-order valence-corrected chi connectivity index (χ4v) is 4.85. The number of nitrogen functional groups attached to an aromatic ring is 1. The maximum atomic E-state index is 9.42. The van der Waals surface area contributed by atoms with E-state index in [4.69, 9.17) is 20.4 Å². The topological polar surface area (TPSA) is 86.2 Å². The summed E-state index contributed by atoms with van der Waals surface area (Å²) >= 11 is 0. The number of aromatic nitrogens is 3. The van der Waals surface area contributed by atoms with Crippen LogP contribution >= 0.6 is 0 Å². The number of hydrogen-bond acceptors (Lipinski definition) is 5. The number of pyridine rings is 1. The highest BCUT2D eigenvalue weighted by atomic mass is 16.5. The second kappa shape index (κ2) is 10.9. The standard InChI is InChI=1S/C30H32N4O2/c1-2-36-20-34-26(14-9-17-35)32-28-29(34)24-16-15-23(18-21-10-5-3-6-11-21)25(27(24)33-30(28)31)19-22-12-7-4-8-13-22/h3-8,10-13,15-16,35H,2,9,14,17-20H2,1H3,(H2,31,33). The Labute approximate surface area is 211 Å². The van der Waals surface area contributed by atoms with E-state index in [9.17, 15) is 5.11 Å². The third kappa shape index (κ3) is 4.83. The Morgan fingerprint density at radius 1 is 0.861 bits per heavy atom. The van der Waals surface area contributed by atoms with Crippen LogP contribution in [0.5, 0.6) is 0 Å². The molecule has 3 N–H and O–H groups in total. The molecule has 0 aliphatic carbocycles. The summed E-state index contributed by atoms with van der Waals surface area (Å²) in [6.45, 7) is 3.06. The zero-order valence-corrected chi connectivity index (χ0v) is 20.7. The third-order valence-corrected chi connectivity index (χ3v) is 6.60. The quantitative estimate of drug-likeness (QED) is 0.284. The number of ether oxygens (including phenoxy) is 1. The molecule has 2 aromatic heterocycles. The second-order valence-corrected chi connectivity index (χ2v) is 9.02. The molecule has 0 unspecified atom stereocenters. The summed E-state index contributed by atoms with van der Waals surface area (Å²) in [7, 11) is 0. The van der Waals surface area contributed by atoms with Crippen molar-refractivity contribution in [1.82, 2.24) is 14.5 Å². The summed E-state index contributed by atoms with van der Waals surface area (Å²) in [6.07, 6.45) is 2.84. The second-order valence-electron chi connectivity index (χ2n) is 9.02. The molecule has 6 nitrogen and oxygen atoms in total. The monoisotopic (exact) mass is 480 g/mol. The van der Waals surface area contributed by atoms with E-state index in [2.05, 4.69) is 65.2 Å². The maximum absolute atomic E-state index is 9.42. The van der Waals surface area contributed by atoms with Gasteiger partial charge >= 0.3 is 0 Å². The maximum Gasteiger partial charge on any atom is 0.152 e. The van der Waals surface area contributed by atoms with E-state index in [0.29, 0.717) is 37.5 Å². The predicted octanol–water partition coefficient (Wildman–Crippen LogP) is 5.27. The number of aliphatic hydroxyl groups is 1. The largest absolute Gasteiger partial charge is 0.396 e. The zero-order valence-electron chi connectivity index (χ0n) is 20.7. The van der Waals surface area contributed by atoms with Gasteiger partial charge in [0, 0.05) is 25.0 Å². The molecule has 3 aromatic carbocycles. The lowest BCUT2D eigenvalue weighted by atomic mass is 9.92. The van der Waals surface area contributed by atoms with Crippen LogP contribution in [0.4, 0.5) is 5.82 Å². The lowest BCUT2D eigenvalue weighted by Crippen LogP contribution is -2.08. The molecule has 0 bridgehead atoms. The summed E-state index contributed by atoms with van der Waals surface area (Å²) in [6, 6.07) is 25.4. The SMILES string of the molecule is CCOCn1c(CCCO)nc2c(N)nc3c(Cc4ccccc4)c(Cc4ccccc4)ccc3c21. The number of fused-ring (bicyclic) bond motifs is 3. The van der Waals surface area contributed by atoms with Crippen molar-refractivity contribution in [3.05, 3.63) is 101 Å². The van der Waals surface area contributed by atoms with Gasteiger partial charge in [-0.3, -0.25) is 0 Å². The minimum Gasteiger partial charge on any atom is -0.396 e. The molecule has 0 spiro atoms. The summed E-state index contributed by atoms with van der Waals surface area (Å²) in [5, 5.41) is 10.4. The first-order chi connectivity index (χ1) is 17.7. The van der Waals surface area contributed by atoms with E-state index in [-0.39, 0.29) is 6.61 Å². The average Bonchev–Trinajstić information content (AvgIpc) is 3.28. The summed E-state index contributed by atoms with van der Waals surface area (Å²) < 4.78 is 7.92. The van der Waals surface area contributed by atoms with Gasteiger partial charge in [-0.05, 0) is 48.4 Å². The molecule has 184 valence electrons. The normalized spacial score (nSPS) is 11.5. The van der Waals surface area contributed by atoms with Gasteiger partial charge < -0.3 is 20.1 Å². The number of nitrogens with two attached hydrogens (primary N) is 1. The number of rotatable bonds is 10. The number of nitrogens with zero attached hydrogens (tertiary/aromatic N) is 3. The molecule has 6 heteroatoms. The first-order valence-corrected chi connectivity index (χ1v) is 12.5. The zero-order chi connectivity index (χ0) is 24.9. The number of aryl methyl sites for hydroxylation is 1. The van der Waals surface area contributed by atoms with Crippen LogP contribution in [0.2, 0.25) is 0 Å². The minimum atomic E-state index is 0.108. The van der Waals surface area contributed by atoms with Gasteiger partial charge in [-0.25, -0.2) is 9.97 Å². The molecule has 36 heavy (non-hydrogen) atoms. The van der Waals surface area contributed by atoms with Crippen molar-refractivity contribution in [2.45, 2.75) is 39.3 Å². The van der Waals surface area contributed by atoms with Gasteiger partial charge in [-0.15, -0.1) is 0 Å². The van der Waals surface area contributed by atoms with Crippen molar-refractivity contribution in [3.63, 3.8) is 0 Å². The Morgan fingerprint density at radius 3 is 2.22 bits per heavy atom. The smallest absolute Gasteiger partial charge is 0.152 e. The van der Waals surface area contributed by atoms with Crippen molar-refractivity contribution in [2.75, 3.05) is 18.9 Å². The van der Waals surface area contributed by atoms with Gasteiger partial charge in [0.15, 0.2) is 5.82 Å². The number of aliphatic hydroxyl groups excluding tert-OH is 1. The average molecular weight is 481 g/mol. The number of benzene rings is 3. The highest BCUT2D eigenvalue weighted by Gasteiger charge is 2.20. The Hall–Kier alpha value is -3.74. The van der Waals surface area contributed by atoms with E-state index in [1.165, 1.54) is 22.3 Å². The van der Waals surface area contributed by atoms with Crippen LogP contribution in [-0.4, -0.2) is 32.9 Å². The summed E-state index contributed by atoms with van der Waals surface area (Å²) in [4.78, 5) is 9.77. The predicted molar refractivity (Wildman–Crippen MR) is 145 cm³/mol. The summed E-state index contributed by atoms with van der Waals surface area (Å²) in [5.41, 5.74) is 14.0. The molecule has 0 atom stereocenters. The van der Waals surface area contributed by atoms with Gasteiger partial charge in [0.2, 0.25) is 0 Å². The van der Waals surface area contributed by atoms with Crippen molar-refractivity contribution in [3.8, 4) is 0 Å². The first kappa shape index (κ1) is 24.0. The van der Waals surface area contributed by atoms with E-state index in [1.54, 1.807) is 0 Å². The molecule has 0 radical (unpaired) electrons. The van der Waals surface area contributed by atoms with Gasteiger partial charge in [0.1, 0.15) is 18.1 Å². The van der Waals surface area contributed by atoms with Crippen LogP contribution in [0.15, 0.2) is 72.8 Å². The molecule has 0 fully saturated rings. The van der Waals surface area contributed by atoms with Crippen LogP contribution in [0.1, 0.15) is 41.4 Å². The van der Waals surface area contributed by atoms with Crippen molar-refractivity contribution in [2.24, 2.45) is 0 Å². The van der Waals surface area contributed by atoms with E-state index in [1.807, 2.05) is 19.1 Å². The Morgan fingerprint density at radius 2 is 1.56 bits per heavy atom. The lowest BCUT2D eigenvalue weighted by molar-refractivity contribution is 0.0884. The Bertz CT molecular complexity index is 1460. The highest BCUT2D eigenvalue weighted by Crippen LogP contribution is 2.34. The molecular formula is C30H32N4O2. The van der Waals surface area contributed by atoms with Crippen molar-refractivity contribution in [1.29, 1.82) is 0 Å². The molecule has 5 aromatic rings. The minimum absolute atomic E-state index is 0.108. The Balaban J connectivity index is 1.74. The van der Waals surface area contributed by atoms with Crippen LogP contribution in [0.3, 0.4) is 0 Å². The number of anilines is 1. The molecule has 0 aliphatic rings. The third-order valence-electron chi connectivity index (χ3n) is 6.60. The van der Waals surface area contributed by atoms with E-state index in [0.717, 1.165) is 35.1 Å². The molecule has 0 aliphatic heterocycles. The molecular weight excluding hydrogens is 448 g/mol. The molecule has 0 amide bonds. The fraction of sp³-hybridized carbons (Fsp3) is 0.267.